The van der Waals surface area contributed by atoms with Crippen molar-refractivity contribution in [1.82, 2.24) is 14.9 Å². The van der Waals surface area contributed by atoms with E-state index in [0.717, 1.165) is 11.4 Å². The molecule has 3 heterocycles. The van der Waals surface area contributed by atoms with Gasteiger partial charge in [-0.1, -0.05) is 12.1 Å². The molecular weight excluding hydrogens is 370 g/mol. The lowest BCUT2D eigenvalue weighted by Crippen LogP contribution is -2.57. The number of aliphatic hydroxyl groups excluding tert-OH is 1. The van der Waals surface area contributed by atoms with Crippen molar-refractivity contribution in [2.45, 2.75) is 48.9 Å². The summed E-state index contributed by atoms with van der Waals surface area (Å²) in [4.78, 5) is 4.51. The van der Waals surface area contributed by atoms with Gasteiger partial charge in [-0.3, -0.25) is 0 Å². The van der Waals surface area contributed by atoms with Crippen LogP contribution in [0, 0.1) is 6.92 Å². The first-order chi connectivity index (χ1) is 12.8. The second-order valence-electron chi connectivity index (χ2n) is 7.06. The lowest BCUT2D eigenvalue weighted by Gasteiger charge is -2.39. The van der Waals surface area contributed by atoms with Crippen molar-refractivity contribution in [3.8, 4) is 0 Å². The maximum atomic E-state index is 11.6. The number of aliphatic hydroxyl groups is 1. The average Bonchev–Trinajstić information content (AvgIpc) is 3.23. The van der Waals surface area contributed by atoms with Crippen LogP contribution in [0.15, 0.2) is 41.6 Å². The molecule has 5 unspecified atom stereocenters. The average molecular weight is 393 g/mol. The highest BCUT2D eigenvalue weighted by atomic mass is 32.2. The molecule has 2 aliphatic rings. The molecule has 1 aromatic carbocycles. The van der Waals surface area contributed by atoms with E-state index in [0.29, 0.717) is 13.2 Å². The summed E-state index contributed by atoms with van der Waals surface area (Å²) in [6.07, 6.45) is 3.25. The number of imidazole rings is 1. The van der Waals surface area contributed by atoms with Crippen LogP contribution in [-0.2, 0) is 25.9 Å². The summed E-state index contributed by atoms with van der Waals surface area (Å²) in [6, 6.07) is 6.02. The van der Waals surface area contributed by atoms with Gasteiger partial charge in [-0.05, 0) is 24.6 Å². The number of ether oxygens (including phenoxy) is 2. The molecule has 2 aromatic rings. The molecule has 5 atom stereocenters. The monoisotopic (exact) mass is 393 g/mol. The molecule has 1 aromatic heterocycles. The molecule has 4 rings (SSSR count). The summed E-state index contributed by atoms with van der Waals surface area (Å²) in [5.74, 6) is 0.784. The van der Waals surface area contributed by atoms with E-state index in [1.54, 1.807) is 30.5 Å². The highest BCUT2D eigenvalue weighted by molar-refractivity contribution is 7.90. The van der Waals surface area contributed by atoms with E-state index in [1.165, 1.54) is 6.26 Å². The van der Waals surface area contributed by atoms with Gasteiger partial charge in [-0.2, -0.15) is 0 Å². The number of sulfone groups is 1. The zero-order valence-corrected chi connectivity index (χ0v) is 16.0. The number of aromatic nitrogens is 2. The molecule has 0 spiro atoms. The van der Waals surface area contributed by atoms with Gasteiger partial charge in [-0.15, -0.1) is 0 Å². The molecule has 0 aliphatic carbocycles. The van der Waals surface area contributed by atoms with Crippen molar-refractivity contribution in [2.75, 3.05) is 12.9 Å². The van der Waals surface area contributed by atoms with Gasteiger partial charge in [-0.25, -0.2) is 13.4 Å². The first kappa shape index (κ1) is 18.6. The van der Waals surface area contributed by atoms with Crippen LogP contribution in [0.5, 0.6) is 0 Å². The quantitative estimate of drug-likeness (QED) is 0.758. The summed E-state index contributed by atoms with van der Waals surface area (Å²) >= 11 is 0. The predicted molar refractivity (Wildman–Crippen MR) is 96.8 cm³/mol. The van der Waals surface area contributed by atoms with Crippen LogP contribution < -0.4 is 5.32 Å². The first-order valence-corrected chi connectivity index (χ1v) is 10.7. The topological polar surface area (TPSA) is 103 Å². The molecule has 0 saturated carbocycles. The van der Waals surface area contributed by atoms with E-state index in [9.17, 15) is 13.5 Å². The first-order valence-electron chi connectivity index (χ1n) is 8.81. The molecule has 0 radical (unpaired) electrons. The van der Waals surface area contributed by atoms with Crippen LogP contribution in [0.4, 0.5) is 0 Å². The number of benzene rings is 1. The summed E-state index contributed by atoms with van der Waals surface area (Å²) in [5, 5.41) is 14.3. The molecule has 2 fully saturated rings. The fraction of sp³-hybridized carbons (Fsp3) is 0.500. The third-order valence-electron chi connectivity index (χ3n) is 5.21. The third kappa shape index (κ3) is 3.53. The molecular formula is C18H23N3O5S. The number of nitrogens with zero attached hydrogens (tertiary/aromatic N) is 2. The van der Waals surface area contributed by atoms with Crippen molar-refractivity contribution >= 4 is 9.84 Å². The molecule has 8 nitrogen and oxygen atoms in total. The minimum absolute atomic E-state index is 0.236. The zero-order valence-electron chi connectivity index (χ0n) is 15.1. The highest BCUT2D eigenvalue weighted by Gasteiger charge is 2.50. The van der Waals surface area contributed by atoms with E-state index >= 15 is 0 Å². The number of nitrogens with one attached hydrogen (secondary N) is 1. The molecule has 27 heavy (non-hydrogen) atoms. The minimum atomic E-state index is -3.21. The fourth-order valence-electron chi connectivity index (χ4n) is 3.74. The lowest BCUT2D eigenvalue weighted by atomic mass is 9.95. The van der Waals surface area contributed by atoms with Crippen molar-refractivity contribution in [2.24, 2.45) is 0 Å². The summed E-state index contributed by atoms with van der Waals surface area (Å²) < 4.78 is 36.7. The number of hydrogen-bond acceptors (Lipinski definition) is 7. The molecule has 2 N–H and O–H groups in total. The van der Waals surface area contributed by atoms with Crippen LogP contribution in [-0.4, -0.2) is 60.5 Å². The molecule has 2 aliphatic heterocycles. The van der Waals surface area contributed by atoms with E-state index < -0.39 is 22.2 Å². The molecule has 0 amide bonds. The van der Waals surface area contributed by atoms with Gasteiger partial charge in [0.1, 0.15) is 18.0 Å². The molecule has 2 bridgehead atoms. The SMILES string of the molecule is Cc1nccn1C1C2OCC(O2)C(NCc2ccc(S(C)(=O)=O)cc2)C1O. The standard InChI is InChI=1S/C18H23N3O5S/c1-11-19-7-8-21(11)16-17(22)15(14-10-25-18(16)26-14)20-9-12-3-5-13(6-4-12)27(2,23)24/h3-8,14-18,20,22H,9-10H2,1-2H3. The van der Waals surface area contributed by atoms with Crippen LogP contribution in [0.1, 0.15) is 17.4 Å². The van der Waals surface area contributed by atoms with Gasteiger partial charge in [0.2, 0.25) is 0 Å². The summed E-state index contributed by atoms with van der Waals surface area (Å²) in [6.45, 7) is 2.77. The normalized spacial score (nSPS) is 30.6. The molecule has 146 valence electrons. The number of aryl methyl sites for hydroxylation is 1. The zero-order chi connectivity index (χ0) is 19.2. The second-order valence-corrected chi connectivity index (χ2v) is 9.08. The van der Waals surface area contributed by atoms with Crippen molar-refractivity contribution in [3.05, 3.63) is 48.0 Å². The minimum Gasteiger partial charge on any atom is -0.389 e. The summed E-state index contributed by atoms with van der Waals surface area (Å²) in [7, 11) is -3.21. The van der Waals surface area contributed by atoms with E-state index in [1.807, 2.05) is 17.7 Å². The Hall–Kier alpha value is -1.78. The van der Waals surface area contributed by atoms with Gasteiger partial charge < -0.3 is 24.5 Å². The van der Waals surface area contributed by atoms with Gasteiger partial charge in [0, 0.05) is 25.2 Å². The molecule has 9 heteroatoms. The Morgan fingerprint density at radius 3 is 2.70 bits per heavy atom. The van der Waals surface area contributed by atoms with E-state index in [2.05, 4.69) is 10.3 Å². The Labute approximate surface area is 158 Å². The third-order valence-corrected chi connectivity index (χ3v) is 6.34. The maximum absolute atomic E-state index is 11.6. The van der Waals surface area contributed by atoms with E-state index in [4.69, 9.17) is 9.47 Å². The van der Waals surface area contributed by atoms with Crippen LogP contribution >= 0.6 is 0 Å². The Kier molecular flexibility index (Phi) is 4.81. The van der Waals surface area contributed by atoms with Gasteiger partial charge in [0.05, 0.1) is 23.6 Å². The van der Waals surface area contributed by atoms with Crippen molar-refractivity contribution in [3.63, 3.8) is 0 Å². The smallest absolute Gasteiger partial charge is 0.181 e. The second kappa shape index (κ2) is 6.99. The Bertz CT molecular complexity index is 911. The fourth-order valence-corrected chi connectivity index (χ4v) is 4.37. The molecule has 2 saturated heterocycles. The van der Waals surface area contributed by atoms with Crippen LogP contribution in [0.25, 0.3) is 0 Å². The van der Waals surface area contributed by atoms with Crippen molar-refractivity contribution < 1.29 is 23.0 Å². The highest BCUT2D eigenvalue weighted by Crippen LogP contribution is 2.36. The van der Waals surface area contributed by atoms with Crippen molar-refractivity contribution in [1.29, 1.82) is 0 Å². The Balaban J connectivity index is 1.49. The van der Waals surface area contributed by atoms with Crippen LogP contribution in [0.2, 0.25) is 0 Å². The Morgan fingerprint density at radius 2 is 2.07 bits per heavy atom. The number of rotatable bonds is 5. The van der Waals surface area contributed by atoms with Gasteiger partial charge in [0.25, 0.3) is 0 Å². The predicted octanol–water partition coefficient (Wildman–Crippen LogP) is 0.411. The Morgan fingerprint density at radius 1 is 1.33 bits per heavy atom. The van der Waals surface area contributed by atoms with Gasteiger partial charge >= 0.3 is 0 Å². The van der Waals surface area contributed by atoms with Crippen LogP contribution in [0.3, 0.4) is 0 Å². The van der Waals surface area contributed by atoms with E-state index in [-0.39, 0.29) is 23.1 Å². The largest absolute Gasteiger partial charge is 0.389 e. The number of fused-ring (bicyclic) bond motifs is 2. The summed E-state index contributed by atoms with van der Waals surface area (Å²) in [5.41, 5.74) is 0.922. The maximum Gasteiger partial charge on any atom is 0.181 e. The van der Waals surface area contributed by atoms with Gasteiger partial charge in [0.15, 0.2) is 16.1 Å². The lowest BCUT2D eigenvalue weighted by molar-refractivity contribution is -0.165. The number of hydrogen-bond donors (Lipinski definition) is 2.